The maximum absolute atomic E-state index is 13.1. The van der Waals surface area contributed by atoms with Crippen molar-refractivity contribution in [2.24, 2.45) is 5.92 Å². The lowest BCUT2D eigenvalue weighted by Crippen LogP contribution is -2.36. The van der Waals surface area contributed by atoms with Crippen molar-refractivity contribution < 1.29 is 19.4 Å². The number of carboxylic acids is 1. The quantitative estimate of drug-likeness (QED) is 0.220. The molecule has 2 heterocycles. The van der Waals surface area contributed by atoms with Crippen LogP contribution in [0.15, 0.2) is 72.9 Å². The highest BCUT2D eigenvalue weighted by molar-refractivity contribution is 6.10. The first-order valence-corrected chi connectivity index (χ1v) is 14.3. The zero-order chi connectivity index (χ0) is 29.9. The Labute approximate surface area is 246 Å². The molecule has 42 heavy (non-hydrogen) atoms. The highest BCUT2D eigenvalue weighted by atomic mass is 16.5. The van der Waals surface area contributed by atoms with Crippen LogP contribution in [-0.4, -0.2) is 47.2 Å². The molecule has 8 heteroatoms. The van der Waals surface area contributed by atoms with Crippen molar-refractivity contribution in [3.8, 4) is 16.9 Å². The molecule has 3 N–H and O–H groups in total. The van der Waals surface area contributed by atoms with Gasteiger partial charge in [0.25, 0.3) is 0 Å². The van der Waals surface area contributed by atoms with Crippen LogP contribution in [0.5, 0.6) is 5.75 Å². The third-order valence-corrected chi connectivity index (χ3v) is 7.94. The molecule has 0 atom stereocenters. The number of methoxy groups -OCH3 is 1. The Morgan fingerprint density at radius 2 is 1.67 bits per heavy atom. The molecule has 1 saturated heterocycles. The molecule has 5 rings (SSSR count). The third kappa shape index (κ3) is 6.55. The standard InChI is InChI=1S/C34H38N4O4/c1-34(2,3)24-10-14-31(42-4)30(19-24)37-33(41)36-29-13-12-26(27-7-5-6-8-28(27)29)23-9-11-25(35-20-23)21-38-17-15-22(16-18-38)32(39)40/h5-14,19-20,22H,15-18,21H2,1-4H3,(H,39,40)(H2,36,37,41). The number of hydrogen-bond acceptors (Lipinski definition) is 5. The Balaban J connectivity index is 1.32. The summed E-state index contributed by atoms with van der Waals surface area (Å²) in [7, 11) is 1.59. The van der Waals surface area contributed by atoms with Gasteiger partial charge in [0.1, 0.15) is 5.75 Å². The number of rotatable bonds is 7. The van der Waals surface area contributed by atoms with E-state index >= 15 is 0 Å². The number of urea groups is 1. The number of benzene rings is 3. The number of aliphatic carboxylic acids is 1. The van der Waals surface area contributed by atoms with Crippen LogP contribution in [0.2, 0.25) is 0 Å². The van der Waals surface area contributed by atoms with Gasteiger partial charge in [-0.3, -0.25) is 14.7 Å². The van der Waals surface area contributed by atoms with E-state index < -0.39 is 5.97 Å². The number of amides is 2. The van der Waals surface area contributed by atoms with Crippen molar-refractivity contribution in [2.75, 3.05) is 30.8 Å². The molecule has 4 aromatic rings. The number of nitrogens with zero attached hydrogens (tertiary/aromatic N) is 2. The SMILES string of the molecule is COc1ccc(C(C)(C)C)cc1NC(=O)Nc1ccc(-c2ccc(CN3CCC(C(=O)O)CC3)nc2)c2ccccc12. The summed E-state index contributed by atoms with van der Waals surface area (Å²) in [5.41, 5.74) is 5.30. The van der Waals surface area contributed by atoms with Crippen LogP contribution in [0.25, 0.3) is 21.9 Å². The molecule has 0 spiro atoms. The van der Waals surface area contributed by atoms with E-state index in [0.29, 0.717) is 36.5 Å². The van der Waals surface area contributed by atoms with Gasteiger partial charge in [-0.1, -0.05) is 63.2 Å². The normalized spacial score (nSPS) is 14.5. The van der Waals surface area contributed by atoms with Crippen LogP contribution < -0.4 is 15.4 Å². The van der Waals surface area contributed by atoms with Gasteiger partial charge in [0.2, 0.25) is 0 Å². The number of fused-ring (bicyclic) bond motifs is 1. The van der Waals surface area contributed by atoms with Crippen LogP contribution in [0.4, 0.5) is 16.2 Å². The van der Waals surface area contributed by atoms with Gasteiger partial charge >= 0.3 is 12.0 Å². The van der Waals surface area contributed by atoms with Crippen molar-refractivity contribution in [1.29, 1.82) is 0 Å². The summed E-state index contributed by atoms with van der Waals surface area (Å²) >= 11 is 0. The van der Waals surface area contributed by atoms with E-state index in [-0.39, 0.29) is 17.4 Å². The van der Waals surface area contributed by atoms with Gasteiger partial charge in [-0.15, -0.1) is 0 Å². The number of carbonyl (C=O) groups is 2. The fourth-order valence-corrected chi connectivity index (χ4v) is 5.45. The number of anilines is 2. The first kappa shape index (κ1) is 29.1. The average molecular weight is 567 g/mol. The molecule has 0 saturated carbocycles. The van der Waals surface area contributed by atoms with Crippen molar-refractivity contribution >= 4 is 34.1 Å². The second-order valence-electron chi connectivity index (χ2n) is 11.9. The molecule has 1 aromatic heterocycles. The van der Waals surface area contributed by atoms with Crippen LogP contribution in [0.1, 0.15) is 44.9 Å². The molecule has 1 aliphatic rings. The smallest absolute Gasteiger partial charge is 0.323 e. The molecular weight excluding hydrogens is 528 g/mol. The highest BCUT2D eigenvalue weighted by Gasteiger charge is 2.24. The summed E-state index contributed by atoms with van der Waals surface area (Å²) in [4.78, 5) is 31.4. The van der Waals surface area contributed by atoms with Gasteiger partial charge in [-0.05, 0) is 72.1 Å². The van der Waals surface area contributed by atoms with Crippen molar-refractivity contribution in [3.63, 3.8) is 0 Å². The van der Waals surface area contributed by atoms with Gasteiger partial charge in [-0.25, -0.2) is 4.79 Å². The predicted molar refractivity (Wildman–Crippen MR) is 167 cm³/mol. The zero-order valence-electron chi connectivity index (χ0n) is 24.6. The predicted octanol–water partition coefficient (Wildman–Crippen LogP) is 7.15. The van der Waals surface area contributed by atoms with Crippen LogP contribution in [-0.2, 0) is 16.8 Å². The molecule has 8 nitrogen and oxygen atoms in total. The molecule has 1 fully saturated rings. The summed E-state index contributed by atoms with van der Waals surface area (Å²) in [5.74, 6) is -0.341. The van der Waals surface area contributed by atoms with Gasteiger partial charge in [0.05, 0.1) is 30.1 Å². The van der Waals surface area contributed by atoms with Gasteiger partial charge in [-0.2, -0.15) is 0 Å². The van der Waals surface area contributed by atoms with E-state index in [2.05, 4.69) is 42.4 Å². The summed E-state index contributed by atoms with van der Waals surface area (Å²) in [6.07, 6.45) is 3.23. The largest absolute Gasteiger partial charge is 0.495 e. The fourth-order valence-electron chi connectivity index (χ4n) is 5.45. The number of piperidine rings is 1. The lowest BCUT2D eigenvalue weighted by molar-refractivity contribution is -0.143. The number of carboxylic acid groups (broad SMARTS) is 1. The Morgan fingerprint density at radius 3 is 2.31 bits per heavy atom. The molecule has 0 bridgehead atoms. The number of likely N-dealkylation sites (tertiary alicyclic amines) is 1. The minimum atomic E-state index is -0.697. The second-order valence-corrected chi connectivity index (χ2v) is 11.9. The first-order chi connectivity index (χ1) is 20.1. The molecule has 3 aromatic carbocycles. The van der Waals surface area contributed by atoms with Crippen molar-refractivity contribution in [2.45, 2.75) is 45.6 Å². The average Bonchev–Trinajstić information content (AvgIpc) is 2.97. The molecule has 0 radical (unpaired) electrons. The number of pyridine rings is 1. The van der Waals surface area contributed by atoms with E-state index in [1.165, 1.54) is 0 Å². The molecule has 1 aliphatic heterocycles. The van der Waals surface area contributed by atoms with Crippen LogP contribution >= 0.6 is 0 Å². The molecule has 218 valence electrons. The van der Waals surface area contributed by atoms with Gasteiger partial charge in [0, 0.05) is 23.7 Å². The van der Waals surface area contributed by atoms with Crippen LogP contribution in [0.3, 0.4) is 0 Å². The van der Waals surface area contributed by atoms with E-state index in [1.54, 1.807) is 7.11 Å². The van der Waals surface area contributed by atoms with E-state index in [4.69, 9.17) is 9.72 Å². The van der Waals surface area contributed by atoms with E-state index in [0.717, 1.165) is 46.2 Å². The minimum Gasteiger partial charge on any atom is -0.495 e. The van der Waals surface area contributed by atoms with Gasteiger partial charge < -0.3 is 20.5 Å². The maximum Gasteiger partial charge on any atom is 0.323 e. The fraction of sp³-hybridized carbons (Fsp3) is 0.324. The van der Waals surface area contributed by atoms with Crippen molar-refractivity contribution in [3.05, 3.63) is 84.2 Å². The number of ether oxygens (including phenoxy) is 1. The Hall–Kier alpha value is -4.43. The third-order valence-electron chi connectivity index (χ3n) is 7.94. The number of carbonyl (C=O) groups excluding carboxylic acids is 1. The lowest BCUT2D eigenvalue weighted by Gasteiger charge is -2.29. The lowest BCUT2D eigenvalue weighted by atomic mass is 9.87. The minimum absolute atomic E-state index is 0.0720. The maximum atomic E-state index is 13.1. The molecule has 2 amide bonds. The first-order valence-electron chi connectivity index (χ1n) is 14.3. The number of hydrogen-bond donors (Lipinski definition) is 3. The van der Waals surface area contributed by atoms with Crippen molar-refractivity contribution in [1.82, 2.24) is 9.88 Å². The summed E-state index contributed by atoms with van der Waals surface area (Å²) < 4.78 is 5.49. The molecule has 0 aliphatic carbocycles. The Bertz CT molecular complexity index is 1590. The Morgan fingerprint density at radius 1 is 0.952 bits per heavy atom. The summed E-state index contributed by atoms with van der Waals surface area (Å²) in [6.45, 7) is 8.62. The van der Waals surface area contributed by atoms with Gasteiger partial charge in [0.15, 0.2) is 0 Å². The topological polar surface area (TPSA) is 104 Å². The second kappa shape index (κ2) is 12.2. The highest BCUT2D eigenvalue weighted by Crippen LogP contribution is 2.34. The Kier molecular flexibility index (Phi) is 8.45. The monoisotopic (exact) mass is 566 g/mol. The van der Waals surface area contributed by atoms with E-state index in [1.807, 2.05) is 66.9 Å². The summed E-state index contributed by atoms with van der Waals surface area (Å²) in [5, 5.41) is 17.2. The summed E-state index contributed by atoms with van der Waals surface area (Å²) in [6, 6.07) is 21.5. The molecular formula is C34H38N4O4. The number of nitrogens with one attached hydrogen (secondary N) is 2. The van der Waals surface area contributed by atoms with Crippen LogP contribution in [0, 0.1) is 5.92 Å². The molecule has 0 unspecified atom stereocenters. The number of aromatic nitrogens is 1. The van der Waals surface area contributed by atoms with E-state index in [9.17, 15) is 14.7 Å². The zero-order valence-corrected chi connectivity index (χ0v) is 24.6.